The summed E-state index contributed by atoms with van der Waals surface area (Å²) < 4.78 is 17.7. The first-order valence-electron chi connectivity index (χ1n) is 8.98. The van der Waals surface area contributed by atoms with Gasteiger partial charge in [-0.3, -0.25) is 19.1 Å². The first kappa shape index (κ1) is 19.7. The van der Waals surface area contributed by atoms with E-state index in [4.69, 9.17) is 12.2 Å². The van der Waals surface area contributed by atoms with Crippen LogP contribution in [0.4, 0.5) is 4.39 Å². The summed E-state index contributed by atoms with van der Waals surface area (Å²) >= 11 is 9.04. The van der Waals surface area contributed by atoms with Gasteiger partial charge in [0.15, 0.2) is 5.82 Å². The summed E-state index contributed by atoms with van der Waals surface area (Å²) in [6.07, 6.45) is 0.0151. The number of carbonyl (C=O) groups excluding carboxylic acids is 2. The van der Waals surface area contributed by atoms with E-state index in [1.54, 1.807) is 23.6 Å². The molecule has 29 heavy (non-hydrogen) atoms. The maximum absolute atomic E-state index is 13.4. The lowest BCUT2D eigenvalue weighted by molar-refractivity contribution is -0.138. The molecule has 0 saturated carbocycles. The van der Waals surface area contributed by atoms with Crippen molar-refractivity contribution in [3.05, 3.63) is 63.6 Å². The third kappa shape index (κ3) is 3.44. The number of nitrogens with zero attached hydrogens (tertiary/aromatic N) is 4. The van der Waals surface area contributed by atoms with Gasteiger partial charge in [-0.2, -0.15) is 5.10 Å². The number of hydrogen-bond acceptors (Lipinski definition) is 4. The molecule has 4 rings (SSSR count). The first-order chi connectivity index (χ1) is 13.9. The van der Waals surface area contributed by atoms with Crippen LogP contribution in [0.25, 0.3) is 17.1 Å². The van der Waals surface area contributed by atoms with Crippen molar-refractivity contribution >= 4 is 40.0 Å². The maximum atomic E-state index is 13.4. The van der Waals surface area contributed by atoms with Crippen LogP contribution in [0.2, 0.25) is 0 Å². The number of halogens is 2. The molecule has 1 aliphatic heterocycles. The van der Waals surface area contributed by atoms with Crippen molar-refractivity contribution in [3.8, 4) is 17.1 Å². The monoisotopic (exact) mass is 474 g/mol. The smallest absolute Gasteiger partial charge is 0.254 e. The van der Waals surface area contributed by atoms with Gasteiger partial charge in [-0.05, 0) is 55.5 Å². The van der Waals surface area contributed by atoms with Gasteiger partial charge in [0.2, 0.25) is 10.7 Å². The van der Waals surface area contributed by atoms with Crippen LogP contribution in [0.5, 0.6) is 0 Å². The number of benzene rings is 2. The third-order valence-corrected chi connectivity index (χ3v) is 5.72. The fourth-order valence-corrected chi connectivity index (χ4v) is 4.01. The highest BCUT2D eigenvalue weighted by molar-refractivity contribution is 9.10. The largest absolute Gasteiger partial charge is 0.281 e. The molecule has 3 aromatic rings. The second-order valence-corrected chi connectivity index (χ2v) is 7.85. The van der Waals surface area contributed by atoms with Crippen molar-refractivity contribution in [1.29, 1.82) is 0 Å². The van der Waals surface area contributed by atoms with Gasteiger partial charge in [0.25, 0.3) is 5.91 Å². The first-order valence-corrected chi connectivity index (χ1v) is 10.2. The molecule has 0 radical (unpaired) electrons. The fraction of sp³-hybridized carbons (Fsp3) is 0.200. The molecule has 0 aliphatic carbocycles. The Bertz CT molecular complexity index is 1150. The van der Waals surface area contributed by atoms with E-state index in [1.807, 2.05) is 24.3 Å². The molecule has 2 heterocycles. The molecule has 1 aromatic heterocycles. The van der Waals surface area contributed by atoms with Gasteiger partial charge in [0.1, 0.15) is 11.9 Å². The van der Waals surface area contributed by atoms with Crippen LogP contribution in [-0.4, -0.2) is 37.6 Å². The number of amides is 2. The molecule has 0 unspecified atom stereocenters. The number of aromatic nitrogens is 3. The number of likely N-dealkylation sites (tertiary alicyclic amines) is 1. The van der Waals surface area contributed by atoms with Crippen molar-refractivity contribution in [2.24, 2.45) is 0 Å². The van der Waals surface area contributed by atoms with E-state index in [0.717, 1.165) is 10.0 Å². The Morgan fingerprint density at radius 2 is 1.79 bits per heavy atom. The summed E-state index contributed by atoms with van der Waals surface area (Å²) in [7, 11) is 0. The van der Waals surface area contributed by atoms with Crippen molar-refractivity contribution in [2.75, 3.05) is 6.54 Å². The highest BCUT2D eigenvalue weighted by atomic mass is 79.9. The fourth-order valence-electron chi connectivity index (χ4n) is 3.38. The predicted molar refractivity (Wildman–Crippen MR) is 112 cm³/mol. The normalized spacial score (nSPS) is 16.7. The number of rotatable bonds is 4. The molecule has 0 spiro atoms. The van der Waals surface area contributed by atoms with Crippen LogP contribution in [0.3, 0.4) is 0 Å². The van der Waals surface area contributed by atoms with Crippen molar-refractivity contribution in [3.63, 3.8) is 0 Å². The van der Waals surface area contributed by atoms with Gasteiger partial charge in [-0.25, -0.2) is 9.07 Å². The summed E-state index contributed by atoms with van der Waals surface area (Å²) in [5, 5.41) is 4.61. The molecule has 9 heteroatoms. The SMILES string of the molecule is CCN1C(=O)C[C@@H](n2nc(-c3ccc(Br)cc3)n(-c3ccc(F)cc3)c2=S)C1=O. The molecule has 0 N–H and O–H groups in total. The minimum Gasteiger partial charge on any atom is -0.281 e. The molecule has 2 aromatic carbocycles. The van der Waals surface area contributed by atoms with Crippen molar-refractivity contribution < 1.29 is 14.0 Å². The van der Waals surface area contributed by atoms with Gasteiger partial charge in [0, 0.05) is 16.6 Å². The van der Waals surface area contributed by atoms with E-state index in [-0.39, 0.29) is 28.8 Å². The summed E-state index contributed by atoms with van der Waals surface area (Å²) in [5.74, 6) is -0.428. The zero-order valence-electron chi connectivity index (χ0n) is 15.4. The second kappa shape index (κ2) is 7.64. The Labute approximate surface area is 179 Å². The average Bonchev–Trinajstić information content (AvgIpc) is 3.19. The number of imide groups is 1. The number of likely N-dealkylation sites (N-methyl/N-ethyl adjacent to an activating group) is 1. The van der Waals surface area contributed by atoms with Crippen LogP contribution in [0, 0.1) is 10.6 Å². The molecule has 2 amide bonds. The quantitative estimate of drug-likeness (QED) is 0.417. The van der Waals surface area contributed by atoms with E-state index in [2.05, 4.69) is 21.0 Å². The van der Waals surface area contributed by atoms with Gasteiger partial charge in [-0.15, -0.1) is 0 Å². The van der Waals surface area contributed by atoms with Crippen LogP contribution in [0.1, 0.15) is 19.4 Å². The lowest BCUT2D eigenvalue weighted by atomic mass is 10.2. The van der Waals surface area contributed by atoms with Crippen molar-refractivity contribution in [2.45, 2.75) is 19.4 Å². The summed E-state index contributed by atoms with van der Waals surface area (Å²) in [6, 6.07) is 12.6. The zero-order chi connectivity index (χ0) is 20.7. The van der Waals surface area contributed by atoms with Gasteiger partial charge < -0.3 is 0 Å². The topological polar surface area (TPSA) is 60.1 Å². The molecule has 148 valence electrons. The zero-order valence-corrected chi connectivity index (χ0v) is 17.8. The van der Waals surface area contributed by atoms with Crippen LogP contribution in [0.15, 0.2) is 53.0 Å². The van der Waals surface area contributed by atoms with E-state index in [0.29, 0.717) is 18.1 Å². The predicted octanol–water partition coefficient (Wildman–Crippen LogP) is 4.29. The number of carbonyl (C=O) groups is 2. The van der Waals surface area contributed by atoms with E-state index < -0.39 is 6.04 Å². The van der Waals surface area contributed by atoms with E-state index in [1.165, 1.54) is 21.7 Å². The Morgan fingerprint density at radius 3 is 2.38 bits per heavy atom. The van der Waals surface area contributed by atoms with Crippen molar-refractivity contribution in [1.82, 2.24) is 19.2 Å². The standard InChI is InChI=1S/C20H16BrFN4O2S/c1-2-24-17(27)11-16(19(24)28)26-20(29)25(15-9-7-14(22)8-10-15)18(23-26)12-3-5-13(21)6-4-12/h3-10,16H,2,11H2,1H3/t16-/m1/s1. The summed E-state index contributed by atoms with van der Waals surface area (Å²) in [6.45, 7) is 2.06. The van der Waals surface area contributed by atoms with Crippen LogP contribution >= 0.6 is 28.1 Å². The Kier molecular flexibility index (Phi) is 5.18. The molecule has 1 aliphatic rings. The van der Waals surface area contributed by atoms with E-state index in [9.17, 15) is 14.0 Å². The Balaban J connectivity index is 1.91. The highest BCUT2D eigenvalue weighted by Gasteiger charge is 2.40. The number of hydrogen-bond donors (Lipinski definition) is 0. The van der Waals surface area contributed by atoms with Gasteiger partial charge in [0.05, 0.1) is 12.1 Å². The highest BCUT2D eigenvalue weighted by Crippen LogP contribution is 2.29. The second-order valence-electron chi connectivity index (χ2n) is 6.57. The molecule has 0 bridgehead atoms. The minimum atomic E-state index is -0.786. The maximum Gasteiger partial charge on any atom is 0.254 e. The molecule has 1 atom stereocenters. The van der Waals surface area contributed by atoms with E-state index >= 15 is 0 Å². The molecular formula is C20H16BrFN4O2S. The minimum absolute atomic E-state index is 0.0151. The molecule has 1 fully saturated rings. The lowest BCUT2D eigenvalue weighted by Gasteiger charge is -2.11. The third-order valence-electron chi connectivity index (χ3n) is 4.82. The molecule has 6 nitrogen and oxygen atoms in total. The summed E-state index contributed by atoms with van der Waals surface area (Å²) in [5.41, 5.74) is 1.39. The Hall–Kier alpha value is -2.65. The van der Waals surface area contributed by atoms with Gasteiger partial charge >= 0.3 is 0 Å². The Morgan fingerprint density at radius 1 is 1.14 bits per heavy atom. The molecule has 1 saturated heterocycles. The molecular weight excluding hydrogens is 459 g/mol. The van der Waals surface area contributed by atoms with Gasteiger partial charge in [-0.1, -0.05) is 28.1 Å². The van der Waals surface area contributed by atoms with Crippen LogP contribution < -0.4 is 0 Å². The van der Waals surface area contributed by atoms with Crippen LogP contribution in [-0.2, 0) is 9.59 Å². The lowest BCUT2D eigenvalue weighted by Crippen LogP contribution is -2.31. The average molecular weight is 475 g/mol. The summed E-state index contributed by atoms with van der Waals surface area (Å²) in [4.78, 5) is 26.1.